The van der Waals surface area contributed by atoms with E-state index in [-0.39, 0.29) is 17.6 Å². The average Bonchev–Trinajstić information content (AvgIpc) is 3.16. The number of benzene rings is 1. The summed E-state index contributed by atoms with van der Waals surface area (Å²) in [6.07, 6.45) is 6.69. The lowest BCUT2D eigenvalue weighted by Gasteiger charge is -2.39. The van der Waals surface area contributed by atoms with E-state index in [9.17, 15) is 9.59 Å². The summed E-state index contributed by atoms with van der Waals surface area (Å²) in [6, 6.07) is 8.78. The van der Waals surface area contributed by atoms with Gasteiger partial charge in [-0.15, -0.1) is 0 Å². The number of imidazole rings is 1. The summed E-state index contributed by atoms with van der Waals surface area (Å²) in [7, 11) is 0. The molecular weight excluding hydrogens is 344 g/mol. The monoisotopic (exact) mass is 362 g/mol. The van der Waals surface area contributed by atoms with E-state index >= 15 is 0 Å². The predicted molar refractivity (Wildman–Crippen MR) is 99.9 cm³/mol. The maximum Gasteiger partial charge on any atom is 0.231 e. The normalized spacial score (nSPS) is 13.9. The van der Waals surface area contributed by atoms with Gasteiger partial charge in [0.2, 0.25) is 5.91 Å². The predicted octanol–water partition coefficient (Wildman–Crippen LogP) is 1.94. The molecule has 8 nitrogen and oxygen atoms in total. The third-order valence-electron chi connectivity index (χ3n) is 4.54. The number of nitrogens with zero attached hydrogens (tertiary/aromatic N) is 5. The molecule has 0 saturated carbocycles. The molecule has 0 bridgehead atoms. The SMILES string of the molecule is CC(=O)c1ccc(NC(=O)C2CN(c3cc(-n4ccnc4)ncn3)C2)cc1. The van der Waals surface area contributed by atoms with Crippen LogP contribution >= 0.6 is 0 Å². The van der Waals surface area contributed by atoms with E-state index in [0.717, 1.165) is 11.6 Å². The Kier molecular flexibility index (Phi) is 4.37. The summed E-state index contributed by atoms with van der Waals surface area (Å²) < 4.78 is 1.81. The molecule has 1 aliphatic heterocycles. The molecule has 0 aliphatic carbocycles. The molecule has 1 N–H and O–H groups in total. The molecule has 27 heavy (non-hydrogen) atoms. The maximum atomic E-state index is 12.4. The molecule has 136 valence electrons. The summed E-state index contributed by atoms with van der Waals surface area (Å²) in [5.74, 6) is 1.37. The topological polar surface area (TPSA) is 93.0 Å². The van der Waals surface area contributed by atoms with Crippen molar-refractivity contribution in [1.29, 1.82) is 0 Å². The van der Waals surface area contributed by atoms with E-state index in [1.807, 2.05) is 17.2 Å². The van der Waals surface area contributed by atoms with Gasteiger partial charge in [-0.2, -0.15) is 0 Å². The smallest absolute Gasteiger partial charge is 0.231 e. The molecule has 0 atom stereocenters. The quantitative estimate of drug-likeness (QED) is 0.697. The Bertz CT molecular complexity index is 962. The number of rotatable bonds is 5. The number of nitrogens with one attached hydrogen (secondary N) is 1. The van der Waals surface area contributed by atoms with E-state index in [1.165, 1.54) is 13.3 Å². The lowest BCUT2D eigenvalue weighted by atomic mass is 9.99. The number of hydrogen-bond donors (Lipinski definition) is 1. The lowest BCUT2D eigenvalue weighted by molar-refractivity contribution is -0.120. The minimum absolute atomic E-state index is 0.00224. The van der Waals surface area contributed by atoms with Crippen molar-refractivity contribution in [2.24, 2.45) is 5.92 Å². The van der Waals surface area contributed by atoms with Crippen LogP contribution in [0.3, 0.4) is 0 Å². The van der Waals surface area contributed by atoms with Gasteiger partial charge in [0, 0.05) is 42.8 Å². The van der Waals surface area contributed by atoms with Crippen molar-refractivity contribution in [3.63, 3.8) is 0 Å². The molecule has 3 heterocycles. The number of aromatic nitrogens is 4. The average molecular weight is 362 g/mol. The van der Waals surface area contributed by atoms with Gasteiger partial charge < -0.3 is 10.2 Å². The van der Waals surface area contributed by atoms with E-state index < -0.39 is 0 Å². The Morgan fingerprint density at radius 1 is 1.11 bits per heavy atom. The van der Waals surface area contributed by atoms with Crippen molar-refractivity contribution >= 4 is 23.2 Å². The third kappa shape index (κ3) is 3.55. The second-order valence-electron chi connectivity index (χ2n) is 6.43. The van der Waals surface area contributed by atoms with Crippen LogP contribution in [0.5, 0.6) is 0 Å². The highest BCUT2D eigenvalue weighted by molar-refractivity contribution is 5.96. The fourth-order valence-corrected chi connectivity index (χ4v) is 2.91. The largest absolute Gasteiger partial charge is 0.355 e. The molecule has 1 saturated heterocycles. The van der Waals surface area contributed by atoms with Crippen LogP contribution in [0.2, 0.25) is 0 Å². The van der Waals surface area contributed by atoms with Crippen LogP contribution < -0.4 is 10.2 Å². The van der Waals surface area contributed by atoms with Gasteiger partial charge in [0.1, 0.15) is 24.3 Å². The van der Waals surface area contributed by atoms with Crippen molar-refractivity contribution in [3.05, 3.63) is 60.9 Å². The molecular formula is C19H18N6O2. The minimum Gasteiger partial charge on any atom is -0.355 e. The zero-order chi connectivity index (χ0) is 18.8. The zero-order valence-electron chi connectivity index (χ0n) is 14.7. The van der Waals surface area contributed by atoms with Gasteiger partial charge in [-0.25, -0.2) is 15.0 Å². The number of ketones is 1. The van der Waals surface area contributed by atoms with E-state index in [4.69, 9.17) is 0 Å². The summed E-state index contributed by atoms with van der Waals surface area (Å²) in [5, 5.41) is 2.89. The Morgan fingerprint density at radius 2 is 1.85 bits per heavy atom. The van der Waals surface area contributed by atoms with Gasteiger partial charge in [0.15, 0.2) is 5.78 Å². The van der Waals surface area contributed by atoms with E-state index in [0.29, 0.717) is 24.3 Å². The van der Waals surface area contributed by atoms with Crippen molar-refractivity contribution in [3.8, 4) is 5.82 Å². The Morgan fingerprint density at radius 3 is 2.52 bits per heavy atom. The van der Waals surface area contributed by atoms with E-state index in [1.54, 1.807) is 41.4 Å². The molecule has 8 heteroatoms. The second kappa shape index (κ2) is 6.99. The first kappa shape index (κ1) is 16.9. The number of amides is 1. The Hall–Kier alpha value is -3.55. The number of carbonyl (C=O) groups excluding carboxylic acids is 2. The van der Waals surface area contributed by atoms with Crippen molar-refractivity contribution < 1.29 is 9.59 Å². The van der Waals surface area contributed by atoms with Crippen LogP contribution in [0.1, 0.15) is 17.3 Å². The minimum atomic E-state index is -0.107. The molecule has 1 aromatic carbocycles. The van der Waals surface area contributed by atoms with E-state index in [2.05, 4.69) is 20.3 Å². The van der Waals surface area contributed by atoms with Gasteiger partial charge in [-0.3, -0.25) is 14.2 Å². The van der Waals surface area contributed by atoms with Gasteiger partial charge >= 0.3 is 0 Å². The highest BCUT2D eigenvalue weighted by Crippen LogP contribution is 2.25. The summed E-state index contributed by atoms with van der Waals surface area (Å²) in [4.78, 5) is 38.3. The number of anilines is 2. The Balaban J connectivity index is 1.36. The van der Waals surface area contributed by atoms with Gasteiger partial charge in [-0.1, -0.05) is 0 Å². The van der Waals surface area contributed by atoms with Crippen LogP contribution in [0.25, 0.3) is 5.82 Å². The molecule has 0 radical (unpaired) electrons. The van der Waals surface area contributed by atoms with Crippen LogP contribution in [0, 0.1) is 5.92 Å². The number of carbonyl (C=O) groups is 2. The fourth-order valence-electron chi connectivity index (χ4n) is 2.91. The van der Waals surface area contributed by atoms with Gasteiger partial charge in [0.05, 0.1) is 5.92 Å². The molecule has 1 fully saturated rings. The van der Waals surface area contributed by atoms with Crippen LogP contribution in [-0.4, -0.2) is 44.3 Å². The molecule has 4 rings (SSSR count). The molecule has 1 amide bonds. The first-order chi connectivity index (χ1) is 13.1. The molecule has 1 aliphatic rings. The van der Waals surface area contributed by atoms with Crippen LogP contribution in [0.4, 0.5) is 11.5 Å². The van der Waals surface area contributed by atoms with Crippen LogP contribution in [0.15, 0.2) is 55.4 Å². The highest BCUT2D eigenvalue weighted by atomic mass is 16.2. The number of hydrogen-bond acceptors (Lipinski definition) is 6. The zero-order valence-corrected chi connectivity index (χ0v) is 14.7. The molecule has 2 aromatic heterocycles. The van der Waals surface area contributed by atoms with Crippen molar-refractivity contribution in [2.45, 2.75) is 6.92 Å². The number of Topliss-reactive ketones (excluding diaryl/α,β-unsaturated/α-hetero) is 1. The summed E-state index contributed by atoms with van der Waals surface area (Å²) in [5.41, 5.74) is 1.31. The highest BCUT2D eigenvalue weighted by Gasteiger charge is 2.33. The molecule has 0 spiro atoms. The molecule has 3 aromatic rings. The first-order valence-corrected chi connectivity index (χ1v) is 8.57. The van der Waals surface area contributed by atoms with Gasteiger partial charge in [-0.05, 0) is 31.2 Å². The first-order valence-electron chi connectivity index (χ1n) is 8.57. The Labute approximate surface area is 155 Å². The van der Waals surface area contributed by atoms with Crippen molar-refractivity contribution in [2.75, 3.05) is 23.3 Å². The maximum absolute atomic E-state index is 12.4. The van der Waals surface area contributed by atoms with Crippen LogP contribution in [-0.2, 0) is 4.79 Å². The van der Waals surface area contributed by atoms with Gasteiger partial charge in [0.25, 0.3) is 0 Å². The fraction of sp³-hybridized carbons (Fsp3) is 0.211. The second-order valence-corrected chi connectivity index (χ2v) is 6.43. The lowest BCUT2D eigenvalue weighted by Crippen LogP contribution is -2.52. The standard InChI is InChI=1S/C19H18N6O2/c1-13(26)14-2-4-16(5-3-14)23-19(27)15-9-25(10-15)18-8-17(21-11-22-18)24-7-6-20-12-24/h2-8,11-12,15H,9-10H2,1H3,(H,23,27). The third-order valence-corrected chi connectivity index (χ3v) is 4.54. The summed E-state index contributed by atoms with van der Waals surface area (Å²) in [6.45, 7) is 2.71. The molecule has 0 unspecified atom stereocenters. The van der Waals surface area contributed by atoms with Crippen molar-refractivity contribution in [1.82, 2.24) is 19.5 Å². The summed E-state index contributed by atoms with van der Waals surface area (Å²) >= 11 is 0.